The maximum absolute atomic E-state index is 4.75. The van der Waals surface area contributed by atoms with Crippen LogP contribution in [0.1, 0.15) is 50.4 Å². The summed E-state index contributed by atoms with van der Waals surface area (Å²) in [6.45, 7) is 9.76. The third-order valence-corrected chi connectivity index (χ3v) is 4.15. The normalized spacial score (nSPS) is 16.9. The minimum Gasteiger partial charge on any atom is -0.341 e. The van der Waals surface area contributed by atoms with Crippen molar-refractivity contribution in [2.24, 2.45) is 5.92 Å². The van der Waals surface area contributed by atoms with E-state index in [9.17, 15) is 0 Å². The van der Waals surface area contributed by atoms with E-state index < -0.39 is 0 Å². The van der Waals surface area contributed by atoms with E-state index in [-0.39, 0.29) is 0 Å². The molecule has 2 rings (SSSR count). The Morgan fingerprint density at radius 2 is 2.00 bits per heavy atom. The Morgan fingerprint density at radius 1 is 1.30 bits per heavy atom. The van der Waals surface area contributed by atoms with E-state index in [4.69, 9.17) is 4.98 Å². The van der Waals surface area contributed by atoms with Gasteiger partial charge in [0.15, 0.2) is 0 Å². The first-order valence-corrected chi connectivity index (χ1v) is 7.85. The van der Waals surface area contributed by atoms with Crippen LogP contribution in [0.3, 0.4) is 0 Å². The first-order chi connectivity index (χ1) is 9.60. The van der Waals surface area contributed by atoms with E-state index in [1.807, 2.05) is 7.05 Å². The van der Waals surface area contributed by atoms with Gasteiger partial charge in [-0.05, 0) is 57.7 Å². The smallest absolute Gasteiger partial charge is 0.225 e. The van der Waals surface area contributed by atoms with Gasteiger partial charge in [0.05, 0.1) is 0 Å². The third-order valence-electron chi connectivity index (χ3n) is 4.15. The zero-order valence-corrected chi connectivity index (χ0v) is 13.3. The van der Waals surface area contributed by atoms with Crippen LogP contribution in [0.15, 0.2) is 6.07 Å². The van der Waals surface area contributed by atoms with Crippen LogP contribution in [0, 0.1) is 12.8 Å². The molecule has 1 aromatic rings. The molecule has 1 N–H and O–H groups in total. The van der Waals surface area contributed by atoms with Gasteiger partial charge in [-0.25, -0.2) is 9.97 Å². The fourth-order valence-electron chi connectivity index (χ4n) is 2.78. The molecule has 0 saturated carbocycles. The van der Waals surface area contributed by atoms with Crippen molar-refractivity contribution in [1.29, 1.82) is 0 Å². The van der Waals surface area contributed by atoms with Gasteiger partial charge < -0.3 is 10.2 Å². The van der Waals surface area contributed by atoms with E-state index in [1.54, 1.807) is 0 Å². The topological polar surface area (TPSA) is 41.0 Å². The van der Waals surface area contributed by atoms with E-state index in [0.717, 1.165) is 42.9 Å². The molecule has 1 fully saturated rings. The second kappa shape index (κ2) is 7.02. The highest BCUT2D eigenvalue weighted by Crippen LogP contribution is 2.24. The summed E-state index contributed by atoms with van der Waals surface area (Å²) in [6.07, 6.45) is 3.81. The SMILES string of the molecule is CNCCC1CCN(c2nc(C)cc(C(C)C)n2)CC1. The van der Waals surface area contributed by atoms with Gasteiger partial charge in [0.1, 0.15) is 0 Å². The molecule has 2 heterocycles. The molecule has 1 aliphatic rings. The standard InChI is InChI=1S/C16H28N4/c1-12(2)15-11-13(3)18-16(19-15)20-9-6-14(7-10-20)5-8-17-4/h11-12,14,17H,5-10H2,1-4H3. The van der Waals surface area contributed by atoms with Crippen molar-refractivity contribution in [3.05, 3.63) is 17.5 Å². The van der Waals surface area contributed by atoms with Gasteiger partial charge in [-0.3, -0.25) is 0 Å². The number of piperidine rings is 1. The summed E-state index contributed by atoms with van der Waals surface area (Å²) in [6, 6.07) is 2.10. The lowest BCUT2D eigenvalue weighted by Crippen LogP contribution is -2.35. The molecule has 4 nitrogen and oxygen atoms in total. The summed E-state index contributed by atoms with van der Waals surface area (Å²) >= 11 is 0. The van der Waals surface area contributed by atoms with E-state index in [2.05, 4.69) is 42.0 Å². The molecule has 0 atom stereocenters. The monoisotopic (exact) mass is 276 g/mol. The molecule has 112 valence electrons. The largest absolute Gasteiger partial charge is 0.341 e. The molecular weight excluding hydrogens is 248 g/mol. The number of rotatable bonds is 5. The lowest BCUT2D eigenvalue weighted by Gasteiger charge is -2.32. The van der Waals surface area contributed by atoms with Crippen molar-refractivity contribution < 1.29 is 0 Å². The Bertz CT molecular complexity index is 422. The summed E-state index contributed by atoms with van der Waals surface area (Å²) in [4.78, 5) is 11.7. The van der Waals surface area contributed by atoms with Crippen LogP contribution >= 0.6 is 0 Å². The molecule has 1 saturated heterocycles. The molecule has 0 aliphatic carbocycles. The second-order valence-electron chi connectivity index (χ2n) is 6.21. The number of nitrogens with zero attached hydrogens (tertiary/aromatic N) is 3. The number of anilines is 1. The van der Waals surface area contributed by atoms with Gasteiger partial charge >= 0.3 is 0 Å². The predicted molar refractivity (Wildman–Crippen MR) is 84.3 cm³/mol. The number of hydrogen-bond donors (Lipinski definition) is 1. The minimum atomic E-state index is 0.462. The van der Waals surface area contributed by atoms with Gasteiger partial charge in [-0.1, -0.05) is 13.8 Å². The van der Waals surface area contributed by atoms with E-state index in [1.165, 1.54) is 19.3 Å². The highest BCUT2D eigenvalue weighted by molar-refractivity contribution is 5.33. The van der Waals surface area contributed by atoms with Crippen molar-refractivity contribution in [1.82, 2.24) is 15.3 Å². The predicted octanol–water partition coefficient (Wildman–Crippen LogP) is 2.73. The molecule has 0 unspecified atom stereocenters. The molecule has 1 aliphatic heterocycles. The highest BCUT2D eigenvalue weighted by Gasteiger charge is 2.21. The average molecular weight is 276 g/mol. The molecular formula is C16H28N4. The third kappa shape index (κ3) is 3.92. The fraction of sp³-hybridized carbons (Fsp3) is 0.750. The van der Waals surface area contributed by atoms with Crippen LogP contribution in [0.2, 0.25) is 0 Å². The van der Waals surface area contributed by atoms with Crippen LogP contribution in [0.4, 0.5) is 5.95 Å². The fourth-order valence-corrected chi connectivity index (χ4v) is 2.78. The first-order valence-electron chi connectivity index (χ1n) is 7.85. The van der Waals surface area contributed by atoms with Crippen LogP contribution in [0.25, 0.3) is 0 Å². The molecule has 0 aromatic carbocycles. The lowest BCUT2D eigenvalue weighted by molar-refractivity contribution is 0.375. The van der Waals surface area contributed by atoms with E-state index >= 15 is 0 Å². The number of nitrogens with one attached hydrogen (secondary N) is 1. The summed E-state index contributed by atoms with van der Waals surface area (Å²) in [5, 5.41) is 3.25. The molecule has 0 spiro atoms. The molecule has 20 heavy (non-hydrogen) atoms. The highest BCUT2D eigenvalue weighted by atomic mass is 15.3. The minimum absolute atomic E-state index is 0.462. The number of hydrogen-bond acceptors (Lipinski definition) is 4. The van der Waals surface area contributed by atoms with Crippen molar-refractivity contribution in [3.8, 4) is 0 Å². The van der Waals surface area contributed by atoms with Crippen molar-refractivity contribution in [2.75, 3.05) is 31.6 Å². The van der Waals surface area contributed by atoms with E-state index in [0.29, 0.717) is 5.92 Å². The molecule has 1 aromatic heterocycles. The van der Waals surface area contributed by atoms with Crippen LogP contribution in [0.5, 0.6) is 0 Å². The Kier molecular flexibility index (Phi) is 5.35. The zero-order chi connectivity index (χ0) is 14.5. The van der Waals surface area contributed by atoms with Gasteiger partial charge in [-0.15, -0.1) is 0 Å². The van der Waals surface area contributed by atoms with Gasteiger partial charge in [-0.2, -0.15) is 0 Å². The Hall–Kier alpha value is -1.16. The van der Waals surface area contributed by atoms with Crippen LogP contribution in [-0.2, 0) is 0 Å². The molecule has 0 amide bonds. The summed E-state index contributed by atoms with van der Waals surface area (Å²) in [7, 11) is 2.03. The summed E-state index contributed by atoms with van der Waals surface area (Å²) in [5.74, 6) is 2.25. The average Bonchev–Trinajstić information content (AvgIpc) is 2.45. The van der Waals surface area contributed by atoms with Gasteiger partial charge in [0.2, 0.25) is 5.95 Å². The zero-order valence-electron chi connectivity index (χ0n) is 13.3. The van der Waals surface area contributed by atoms with Gasteiger partial charge in [0, 0.05) is 24.5 Å². The Morgan fingerprint density at radius 3 is 2.60 bits per heavy atom. The van der Waals surface area contributed by atoms with Crippen LogP contribution in [-0.4, -0.2) is 36.6 Å². The first kappa shape index (κ1) is 15.2. The van der Waals surface area contributed by atoms with Crippen LogP contribution < -0.4 is 10.2 Å². The second-order valence-corrected chi connectivity index (χ2v) is 6.21. The summed E-state index contributed by atoms with van der Waals surface area (Å²) in [5.41, 5.74) is 2.24. The maximum Gasteiger partial charge on any atom is 0.225 e. The Labute approximate surface area is 123 Å². The molecule has 0 bridgehead atoms. The molecule has 4 heteroatoms. The molecule has 0 radical (unpaired) electrons. The summed E-state index contributed by atoms with van der Waals surface area (Å²) < 4.78 is 0. The number of aromatic nitrogens is 2. The van der Waals surface area contributed by atoms with Crippen molar-refractivity contribution >= 4 is 5.95 Å². The quantitative estimate of drug-likeness (QED) is 0.898. The van der Waals surface area contributed by atoms with Crippen molar-refractivity contribution in [3.63, 3.8) is 0 Å². The van der Waals surface area contributed by atoms with Crippen molar-refractivity contribution in [2.45, 2.75) is 46.0 Å². The maximum atomic E-state index is 4.75. The Balaban J connectivity index is 1.99. The lowest BCUT2D eigenvalue weighted by atomic mass is 9.94. The van der Waals surface area contributed by atoms with Gasteiger partial charge in [0.25, 0.3) is 0 Å². The number of aryl methyl sites for hydroxylation is 1.